The van der Waals surface area contributed by atoms with Gasteiger partial charge in [-0.1, -0.05) is 6.07 Å². The first-order valence-corrected chi connectivity index (χ1v) is 6.39. The molecule has 1 aromatic rings. The minimum Gasteiger partial charge on any atom is -0.397 e. The van der Waals surface area contributed by atoms with E-state index >= 15 is 0 Å². The highest BCUT2D eigenvalue weighted by Crippen LogP contribution is 2.27. The second-order valence-corrected chi connectivity index (χ2v) is 5.22. The highest BCUT2D eigenvalue weighted by Gasteiger charge is 2.21. The van der Waals surface area contributed by atoms with E-state index in [1.54, 1.807) is 0 Å². The third kappa shape index (κ3) is 2.72. The highest BCUT2D eigenvalue weighted by molar-refractivity contribution is 5.68. The van der Waals surface area contributed by atoms with Gasteiger partial charge in [0, 0.05) is 19.1 Å². The molecule has 0 radical (unpaired) electrons. The predicted molar refractivity (Wildman–Crippen MR) is 74.5 cm³/mol. The maximum atomic E-state index is 6.14. The number of benzene rings is 1. The van der Waals surface area contributed by atoms with Crippen LogP contribution in [-0.4, -0.2) is 37.6 Å². The quantitative estimate of drug-likeness (QED) is 0.754. The SMILES string of the molecule is Cc1ccc(N2CCCN(C)CC2C)c(N)c1. The monoisotopic (exact) mass is 233 g/mol. The van der Waals surface area contributed by atoms with Gasteiger partial charge in [0.15, 0.2) is 0 Å². The van der Waals surface area contributed by atoms with Crippen LogP contribution in [0.25, 0.3) is 0 Å². The van der Waals surface area contributed by atoms with Crippen molar-refractivity contribution in [1.82, 2.24) is 4.90 Å². The first kappa shape index (κ1) is 12.2. The molecular weight excluding hydrogens is 210 g/mol. The molecule has 0 saturated carbocycles. The molecule has 0 bridgehead atoms. The molecule has 0 spiro atoms. The molecule has 94 valence electrons. The Bertz CT molecular complexity index is 389. The maximum absolute atomic E-state index is 6.14. The molecule has 1 atom stereocenters. The van der Waals surface area contributed by atoms with Crippen molar-refractivity contribution in [2.75, 3.05) is 37.3 Å². The number of anilines is 2. The summed E-state index contributed by atoms with van der Waals surface area (Å²) in [6.07, 6.45) is 1.20. The fourth-order valence-electron chi connectivity index (χ4n) is 2.67. The molecule has 17 heavy (non-hydrogen) atoms. The van der Waals surface area contributed by atoms with Gasteiger partial charge in [0.2, 0.25) is 0 Å². The summed E-state index contributed by atoms with van der Waals surface area (Å²) in [7, 11) is 2.19. The lowest BCUT2D eigenvalue weighted by Crippen LogP contribution is -2.38. The van der Waals surface area contributed by atoms with Crippen molar-refractivity contribution in [3.8, 4) is 0 Å². The van der Waals surface area contributed by atoms with Gasteiger partial charge in [-0.3, -0.25) is 0 Å². The lowest BCUT2D eigenvalue weighted by atomic mass is 10.1. The first-order chi connectivity index (χ1) is 8.08. The Kier molecular flexibility index (Phi) is 3.57. The zero-order valence-electron chi connectivity index (χ0n) is 11.1. The number of nitrogens with zero attached hydrogens (tertiary/aromatic N) is 2. The molecule has 1 aliphatic rings. The summed E-state index contributed by atoms with van der Waals surface area (Å²) < 4.78 is 0. The number of hydrogen-bond acceptors (Lipinski definition) is 3. The van der Waals surface area contributed by atoms with E-state index in [-0.39, 0.29) is 0 Å². The van der Waals surface area contributed by atoms with Gasteiger partial charge >= 0.3 is 0 Å². The Balaban J connectivity index is 2.25. The third-order valence-corrected chi connectivity index (χ3v) is 3.54. The van der Waals surface area contributed by atoms with E-state index in [9.17, 15) is 0 Å². The molecule has 1 aliphatic heterocycles. The van der Waals surface area contributed by atoms with Crippen LogP contribution in [0.2, 0.25) is 0 Å². The summed E-state index contributed by atoms with van der Waals surface area (Å²) in [4.78, 5) is 4.84. The molecule has 1 unspecified atom stereocenters. The molecule has 0 aromatic heterocycles. The zero-order chi connectivity index (χ0) is 12.4. The van der Waals surface area contributed by atoms with Gasteiger partial charge in [-0.25, -0.2) is 0 Å². The molecule has 0 aliphatic carbocycles. The molecular formula is C14H23N3. The summed E-state index contributed by atoms with van der Waals surface area (Å²) in [5.41, 5.74) is 9.47. The summed E-state index contributed by atoms with van der Waals surface area (Å²) >= 11 is 0. The van der Waals surface area contributed by atoms with Crippen molar-refractivity contribution in [3.63, 3.8) is 0 Å². The lowest BCUT2D eigenvalue weighted by molar-refractivity contribution is 0.337. The van der Waals surface area contributed by atoms with Crippen LogP contribution >= 0.6 is 0 Å². The number of rotatable bonds is 1. The molecule has 1 fully saturated rings. The van der Waals surface area contributed by atoms with Crippen LogP contribution in [0.15, 0.2) is 18.2 Å². The Hall–Kier alpha value is -1.22. The van der Waals surface area contributed by atoms with Crippen LogP contribution in [0.5, 0.6) is 0 Å². The van der Waals surface area contributed by atoms with E-state index in [1.807, 2.05) is 0 Å². The van der Waals surface area contributed by atoms with E-state index in [0.717, 1.165) is 18.8 Å². The summed E-state index contributed by atoms with van der Waals surface area (Å²) in [5.74, 6) is 0. The minimum atomic E-state index is 0.521. The van der Waals surface area contributed by atoms with Gasteiger partial charge in [0.1, 0.15) is 0 Å². The fourth-order valence-corrected chi connectivity index (χ4v) is 2.67. The highest BCUT2D eigenvalue weighted by atomic mass is 15.2. The van der Waals surface area contributed by atoms with Crippen molar-refractivity contribution >= 4 is 11.4 Å². The van der Waals surface area contributed by atoms with Crippen molar-refractivity contribution < 1.29 is 0 Å². The van der Waals surface area contributed by atoms with Crippen LogP contribution in [0, 0.1) is 6.92 Å². The van der Waals surface area contributed by atoms with Crippen LogP contribution in [0.4, 0.5) is 11.4 Å². The molecule has 1 aromatic carbocycles. The second-order valence-electron chi connectivity index (χ2n) is 5.22. The van der Waals surface area contributed by atoms with Crippen molar-refractivity contribution in [2.24, 2.45) is 0 Å². The van der Waals surface area contributed by atoms with Crippen LogP contribution < -0.4 is 10.6 Å². The first-order valence-electron chi connectivity index (χ1n) is 6.39. The number of aryl methyl sites for hydroxylation is 1. The van der Waals surface area contributed by atoms with Gasteiger partial charge in [0.05, 0.1) is 11.4 Å². The molecule has 2 N–H and O–H groups in total. The van der Waals surface area contributed by atoms with Crippen LogP contribution in [0.3, 0.4) is 0 Å². The smallest absolute Gasteiger partial charge is 0.0602 e. The standard InChI is InChI=1S/C14H23N3/c1-11-5-6-14(13(15)9-11)17-8-4-7-16(3)10-12(17)2/h5-6,9,12H,4,7-8,10,15H2,1-3H3. The van der Waals surface area contributed by atoms with Crippen LogP contribution in [0.1, 0.15) is 18.9 Å². The number of likely N-dealkylation sites (N-methyl/N-ethyl adjacent to an activating group) is 1. The lowest BCUT2D eigenvalue weighted by Gasteiger charge is -2.31. The largest absolute Gasteiger partial charge is 0.397 e. The van der Waals surface area contributed by atoms with E-state index in [2.05, 4.69) is 48.9 Å². The number of nitrogen functional groups attached to an aromatic ring is 1. The molecule has 3 heteroatoms. The van der Waals surface area contributed by atoms with Crippen molar-refractivity contribution in [1.29, 1.82) is 0 Å². The third-order valence-electron chi connectivity index (χ3n) is 3.54. The maximum Gasteiger partial charge on any atom is 0.0602 e. The Morgan fingerprint density at radius 1 is 1.29 bits per heavy atom. The fraction of sp³-hybridized carbons (Fsp3) is 0.571. The van der Waals surface area contributed by atoms with Gasteiger partial charge < -0.3 is 15.5 Å². The van der Waals surface area contributed by atoms with Gasteiger partial charge in [-0.05, 0) is 51.6 Å². The van der Waals surface area contributed by atoms with E-state index in [4.69, 9.17) is 5.73 Å². The van der Waals surface area contributed by atoms with E-state index in [0.29, 0.717) is 6.04 Å². The van der Waals surface area contributed by atoms with Gasteiger partial charge in [-0.2, -0.15) is 0 Å². The van der Waals surface area contributed by atoms with Crippen LogP contribution in [-0.2, 0) is 0 Å². The van der Waals surface area contributed by atoms with Crippen molar-refractivity contribution in [2.45, 2.75) is 26.3 Å². The average molecular weight is 233 g/mol. The number of nitrogens with two attached hydrogens (primary N) is 1. The minimum absolute atomic E-state index is 0.521. The molecule has 2 rings (SSSR count). The summed E-state index contributed by atoms with van der Waals surface area (Å²) in [6, 6.07) is 6.89. The zero-order valence-corrected chi connectivity index (χ0v) is 11.1. The Labute approximate surface area is 104 Å². The van der Waals surface area contributed by atoms with Gasteiger partial charge in [-0.15, -0.1) is 0 Å². The number of hydrogen-bond donors (Lipinski definition) is 1. The summed E-state index contributed by atoms with van der Waals surface area (Å²) in [5, 5.41) is 0. The summed E-state index contributed by atoms with van der Waals surface area (Å²) in [6.45, 7) is 7.74. The Morgan fingerprint density at radius 2 is 2.06 bits per heavy atom. The molecule has 0 amide bonds. The molecule has 3 nitrogen and oxygen atoms in total. The topological polar surface area (TPSA) is 32.5 Å². The normalized spacial score (nSPS) is 22.5. The molecule has 1 saturated heterocycles. The van der Waals surface area contributed by atoms with E-state index < -0.39 is 0 Å². The van der Waals surface area contributed by atoms with Gasteiger partial charge in [0.25, 0.3) is 0 Å². The van der Waals surface area contributed by atoms with E-state index in [1.165, 1.54) is 24.2 Å². The second kappa shape index (κ2) is 4.96. The predicted octanol–water partition coefficient (Wildman–Crippen LogP) is 2.11. The van der Waals surface area contributed by atoms with Crippen molar-refractivity contribution in [3.05, 3.63) is 23.8 Å². The average Bonchev–Trinajstić information content (AvgIpc) is 2.40. The Morgan fingerprint density at radius 3 is 2.76 bits per heavy atom. The molecule has 1 heterocycles.